The number of benzene rings is 2. The molecule has 1 heterocycles. The van der Waals surface area contributed by atoms with E-state index in [1.807, 2.05) is 6.07 Å². The van der Waals surface area contributed by atoms with Crippen molar-refractivity contribution < 1.29 is 23.1 Å². The number of hydrogen-bond donors (Lipinski definition) is 2. The number of nitrogens with zero attached hydrogens (tertiary/aromatic N) is 1. The topological polar surface area (TPSA) is 66.0 Å². The van der Waals surface area contributed by atoms with Gasteiger partial charge in [0.15, 0.2) is 0 Å². The Kier molecular flexibility index (Phi) is 5.79. The molecule has 0 aliphatic heterocycles. The summed E-state index contributed by atoms with van der Waals surface area (Å²) in [7, 11) is 0. The molecule has 146 valence electrons. The fourth-order valence-electron chi connectivity index (χ4n) is 2.94. The zero-order chi connectivity index (χ0) is 20.3. The van der Waals surface area contributed by atoms with Gasteiger partial charge in [0.25, 0.3) is 0 Å². The van der Waals surface area contributed by atoms with Crippen LogP contribution in [0.5, 0.6) is 0 Å². The molecule has 3 rings (SSSR count). The van der Waals surface area contributed by atoms with E-state index in [0.717, 1.165) is 16.5 Å². The highest BCUT2D eigenvalue weighted by Gasteiger charge is 2.32. The number of aryl methyl sites for hydroxylation is 1. The Morgan fingerprint density at radius 3 is 2.61 bits per heavy atom. The van der Waals surface area contributed by atoms with Crippen LogP contribution < -0.4 is 0 Å². The van der Waals surface area contributed by atoms with Crippen molar-refractivity contribution >= 4 is 17.7 Å². The van der Waals surface area contributed by atoms with Crippen molar-refractivity contribution in [3.05, 3.63) is 82.7 Å². The monoisotopic (exact) mass is 406 g/mol. The molecule has 0 radical (unpaired) electrons. The minimum atomic E-state index is -4.40. The maximum absolute atomic E-state index is 13.1. The van der Waals surface area contributed by atoms with Crippen LogP contribution in [0.1, 0.15) is 33.1 Å². The number of halogens is 3. The molecule has 2 aromatic carbocycles. The normalized spacial score (nSPS) is 12.7. The molecular weight excluding hydrogens is 389 g/mol. The van der Waals surface area contributed by atoms with E-state index in [2.05, 4.69) is 10.2 Å². The van der Waals surface area contributed by atoms with E-state index in [-0.39, 0.29) is 17.2 Å². The number of nitrogens with one attached hydrogen (secondary N) is 1. The van der Waals surface area contributed by atoms with E-state index in [0.29, 0.717) is 11.1 Å². The lowest BCUT2D eigenvalue weighted by Gasteiger charge is -2.19. The van der Waals surface area contributed by atoms with Gasteiger partial charge in [-0.05, 0) is 41.8 Å². The van der Waals surface area contributed by atoms with Crippen LogP contribution in [-0.4, -0.2) is 21.3 Å². The summed E-state index contributed by atoms with van der Waals surface area (Å²) < 4.78 is 39.2. The fourth-order valence-corrected chi connectivity index (χ4v) is 4.14. The Labute approximate surface area is 163 Å². The molecule has 2 N–H and O–H groups in total. The van der Waals surface area contributed by atoms with E-state index < -0.39 is 17.7 Å². The average Bonchev–Trinajstić information content (AvgIpc) is 3.12. The molecule has 0 fully saturated rings. The average molecular weight is 406 g/mol. The Balaban J connectivity index is 1.96. The number of hydrogen-bond acceptors (Lipinski definition) is 3. The number of H-pyrrole nitrogens is 1. The van der Waals surface area contributed by atoms with Gasteiger partial charge in [0.05, 0.1) is 23.4 Å². The van der Waals surface area contributed by atoms with Crippen molar-refractivity contribution in [2.45, 2.75) is 29.7 Å². The zero-order valence-corrected chi connectivity index (χ0v) is 15.6. The molecule has 0 aliphatic rings. The second-order valence-electron chi connectivity index (χ2n) is 6.32. The summed E-state index contributed by atoms with van der Waals surface area (Å²) in [5.74, 6) is -0.924. The minimum Gasteiger partial charge on any atom is -0.481 e. The first kappa shape index (κ1) is 20.0. The van der Waals surface area contributed by atoms with Crippen molar-refractivity contribution in [3.8, 4) is 0 Å². The molecule has 4 nitrogen and oxygen atoms in total. The first-order valence-corrected chi connectivity index (χ1v) is 9.26. The number of carbonyl (C=O) groups is 1. The molecule has 0 bridgehead atoms. The van der Waals surface area contributed by atoms with E-state index in [4.69, 9.17) is 5.11 Å². The summed E-state index contributed by atoms with van der Waals surface area (Å²) in [5, 5.41) is 15.4. The van der Waals surface area contributed by atoms with Crippen molar-refractivity contribution in [1.29, 1.82) is 0 Å². The fraction of sp³-hybridized carbons (Fsp3) is 0.200. The van der Waals surface area contributed by atoms with Gasteiger partial charge < -0.3 is 5.11 Å². The van der Waals surface area contributed by atoms with Gasteiger partial charge in [-0.25, -0.2) is 0 Å². The Hall–Kier alpha value is -2.74. The second-order valence-corrected chi connectivity index (χ2v) is 7.50. The molecule has 3 aromatic rings. The van der Waals surface area contributed by atoms with Gasteiger partial charge in [-0.3, -0.25) is 9.89 Å². The SMILES string of the molecule is Cc1cc(C(Sc2cccc(CC(=O)O)c2)c2cn[nH]c2)ccc1C(F)(F)F. The lowest BCUT2D eigenvalue weighted by Crippen LogP contribution is -2.08. The smallest absolute Gasteiger partial charge is 0.416 e. The van der Waals surface area contributed by atoms with E-state index in [1.165, 1.54) is 30.8 Å². The summed E-state index contributed by atoms with van der Waals surface area (Å²) in [5.41, 5.74) is 1.68. The van der Waals surface area contributed by atoms with Crippen molar-refractivity contribution in [3.63, 3.8) is 0 Å². The molecule has 8 heteroatoms. The van der Waals surface area contributed by atoms with Crippen molar-refractivity contribution in [2.75, 3.05) is 0 Å². The number of alkyl halides is 3. The van der Waals surface area contributed by atoms with Crippen LogP contribution in [0, 0.1) is 6.92 Å². The molecule has 28 heavy (non-hydrogen) atoms. The number of thioether (sulfide) groups is 1. The van der Waals surface area contributed by atoms with Crippen LogP contribution in [0.2, 0.25) is 0 Å². The predicted octanol–water partition coefficient (Wildman–Crippen LogP) is 5.25. The number of aliphatic carboxylic acids is 1. The largest absolute Gasteiger partial charge is 0.481 e. The van der Waals surface area contributed by atoms with Gasteiger partial charge in [0, 0.05) is 16.7 Å². The Bertz CT molecular complexity index is 972. The third-order valence-electron chi connectivity index (χ3n) is 4.19. The number of aromatic amines is 1. The van der Waals surface area contributed by atoms with Crippen LogP contribution >= 0.6 is 11.8 Å². The minimum absolute atomic E-state index is 0.0931. The van der Waals surface area contributed by atoms with Gasteiger partial charge >= 0.3 is 12.1 Å². The standard InChI is InChI=1S/C20H17F3N2O2S/c1-12-7-14(5-6-17(12)20(21,22)23)19(15-10-24-25-11-15)28-16-4-2-3-13(8-16)9-18(26)27/h2-8,10-11,19H,9H2,1H3,(H,24,25)(H,26,27). The molecule has 0 aliphatic carbocycles. The van der Waals surface area contributed by atoms with Crippen LogP contribution in [0.3, 0.4) is 0 Å². The highest BCUT2D eigenvalue weighted by atomic mass is 32.2. The van der Waals surface area contributed by atoms with Gasteiger partial charge in [0.2, 0.25) is 0 Å². The van der Waals surface area contributed by atoms with E-state index in [1.54, 1.807) is 30.6 Å². The maximum atomic E-state index is 13.1. The summed E-state index contributed by atoms with van der Waals surface area (Å²) in [6.45, 7) is 1.44. The van der Waals surface area contributed by atoms with Crippen LogP contribution in [0.25, 0.3) is 0 Å². The first-order chi connectivity index (χ1) is 13.2. The highest BCUT2D eigenvalue weighted by Crippen LogP contribution is 2.42. The summed E-state index contributed by atoms with van der Waals surface area (Å²) in [6, 6.07) is 11.2. The molecule has 0 spiro atoms. The first-order valence-electron chi connectivity index (χ1n) is 8.38. The van der Waals surface area contributed by atoms with Gasteiger partial charge in [-0.15, -0.1) is 11.8 Å². The maximum Gasteiger partial charge on any atom is 0.416 e. The molecule has 0 amide bonds. The van der Waals surface area contributed by atoms with Crippen molar-refractivity contribution in [2.24, 2.45) is 0 Å². The molecule has 0 saturated carbocycles. The van der Waals surface area contributed by atoms with Crippen LogP contribution in [-0.2, 0) is 17.4 Å². The summed E-state index contributed by atoms with van der Waals surface area (Å²) in [4.78, 5) is 11.8. The highest BCUT2D eigenvalue weighted by molar-refractivity contribution is 7.99. The molecule has 1 aromatic heterocycles. The van der Waals surface area contributed by atoms with Crippen LogP contribution in [0.15, 0.2) is 59.8 Å². The second kappa shape index (κ2) is 8.10. The third-order valence-corrected chi connectivity index (χ3v) is 5.49. The number of carboxylic acid groups (broad SMARTS) is 1. The summed E-state index contributed by atoms with van der Waals surface area (Å²) >= 11 is 1.43. The zero-order valence-electron chi connectivity index (χ0n) is 14.8. The van der Waals surface area contributed by atoms with Gasteiger partial charge in [-0.1, -0.05) is 24.3 Å². The molecule has 1 unspecified atom stereocenters. The lowest BCUT2D eigenvalue weighted by atomic mass is 10.0. The quantitative estimate of drug-likeness (QED) is 0.549. The summed E-state index contributed by atoms with van der Waals surface area (Å²) in [6.07, 6.45) is -1.16. The number of aromatic nitrogens is 2. The Morgan fingerprint density at radius 1 is 1.21 bits per heavy atom. The predicted molar refractivity (Wildman–Crippen MR) is 100 cm³/mol. The third kappa shape index (κ3) is 4.75. The molecule has 0 saturated heterocycles. The van der Waals surface area contributed by atoms with Crippen molar-refractivity contribution in [1.82, 2.24) is 10.2 Å². The number of carboxylic acids is 1. The van der Waals surface area contributed by atoms with Crippen LogP contribution in [0.4, 0.5) is 13.2 Å². The van der Waals surface area contributed by atoms with Gasteiger partial charge in [-0.2, -0.15) is 18.3 Å². The number of rotatable bonds is 6. The van der Waals surface area contributed by atoms with Gasteiger partial charge in [0.1, 0.15) is 0 Å². The Morgan fingerprint density at radius 2 is 2.00 bits per heavy atom. The molecule has 1 atom stereocenters. The molecular formula is C20H17F3N2O2S. The van der Waals surface area contributed by atoms with E-state index >= 15 is 0 Å². The lowest BCUT2D eigenvalue weighted by molar-refractivity contribution is -0.138. The van der Waals surface area contributed by atoms with E-state index in [9.17, 15) is 18.0 Å².